The molecule has 9 heteroatoms. The number of halogens is 4. The molecule has 3 N–H and O–H groups in total. The largest absolute Gasteiger partial charge is 0.405 e. The van der Waals surface area contributed by atoms with E-state index < -0.39 is 18.6 Å². The van der Waals surface area contributed by atoms with E-state index in [9.17, 15) is 22.8 Å². The molecule has 1 aromatic carbocycles. The Hall–Kier alpha value is -1.61. The molecule has 1 atom stereocenters. The van der Waals surface area contributed by atoms with Crippen LogP contribution in [0.25, 0.3) is 0 Å². The molecule has 0 aliphatic rings. The van der Waals surface area contributed by atoms with Crippen LogP contribution in [0, 0.1) is 0 Å². The molecule has 2 amide bonds. The van der Waals surface area contributed by atoms with Gasteiger partial charge in [0.15, 0.2) is 13.1 Å². The first-order chi connectivity index (χ1) is 10.7. The van der Waals surface area contributed by atoms with Crippen molar-refractivity contribution < 1.29 is 27.7 Å². The highest BCUT2D eigenvalue weighted by molar-refractivity contribution is 9.10. The lowest BCUT2D eigenvalue weighted by atomic mass is 10.3. The van der Waals surface area contributed by atoms with Crippen LogP contribution in [0.15, 0.2) is 28.7 Å². The first-order valence-corrected chi connectivity index (χ1v) is 7.71. The van der Waals surface area contributed by atoms with Gasteiger partial charge in [-0.2, -0.15) is 13.2 Å². The standard InChI is InChI=1S/C14H17BrF3N3O2/c1-2-21(7-12(22)19-9-14(16,17)18)8-13(23)20-11-5-3-10(15)4-6-11/h3-6H,2,7-9H2,1H3,(H,19,22)(H,20,23)/p+1. The van der Waals surface area contributed by atoms with Crippen LogP contribution in [0.4, 0.5) is 18.9 Å². The zero-order valence-corrected chi connectivity index (χ0v) is 14.1. The van der Waals surface area contributed by atoms with E-state index in [1.165, 1.54) is 0 Å². The molecule has 1 aromatic rings. The van der Waals surface area contributed by atoms with Crippen molar-refractivity contribution in [3.63, 3.8) is 0 Å². The monoisotopic (exact) mass is 396 g/mol. The molecule has 0 aliphatic carbocycles. The predicted molar refractivity (Wildman–Crippen MR) is 83.1 cm³/mol. The number of anilines is 1. The molecule has 0 saturated heterocycles. The van der Waals surface area contributed by atoms with Crippen LogP contribution in [0.2, 0.25) is 0 Å². The Kier molecular flexibility index (Phi) is 7.50. The molecule has 0 aliphatic heterocycles. The number of carbonyl (C=O) groups is 2. The Labute approximate surface area is 140 Å². The zero-order chi connectivity index (χ0) is 17.5. The number of hydrogen-bond donors (Lipinski definition) is 3. The van der Waals surface area contributed by atoms with Gasteiger partial charge in [0.2, 0.25) is 0 Å². The first kappa shape index (κ1) is 19.4. The quantitative estimate of drug-likeness (QED) is 0.642. The number of nitrogens with one attached hydrogen (secondary N) is 3. The highest BCUT2D eigenvalue weighted by atomic mass is 79.9. The third-order valence-electron chi connectivity index (χ3n) is 2.94. The van der Waals surface area contributed by atoms with E-state index in [2.05, 4.69) is 21.2 Å². The number of alkyl halides is 3. The average Bonchev–Trinajstić information content (AvgIpc) is 2.46. The lowest BCUT2D eigenvalue weighted by Gasteiger charge is -2.17. The van der Waals surface area contributed by atoms with Crippen LogP contribution in [-0.2, 0) is 9.59 Å². The van der Waals surface area contributed by atoms with Crippen molar-refractivity contribution in [2.24, 2.45) is 0 Å². The maximum atomic E-state index is 12.0. The van der Waals surface area contributed by atoms with Gasteiger partial charge in [0.1, 0.15) is 6.54 Å². The number of likely N-dealkylation sites (N-methyl/N-ethyl adjacent to an activating group) is 1. The lowest BCUT2D eigenvalue weighted by molar-refractivity contribution is -0.881. The topological polar surface area (TPSA) is 62.6 Å². The smallest absolute Gasteiger partial charge is 0.342 e. The average molecular weight is 397 g/mol. The fourth-order valence-electron chi connectivity index (χ4n) is 1.77. The van der Waals surface area contributed by atoms with Crippen LogP contribution in [0.5, 0.6) is 0 Å². The maximum absolute atomic E-state index is 12.0. The highest BCUT2D eigenvalue weighted by Gasteiger charge is 2.28. The number of rotatable bonds is 7. The molecule has 5 nitrogen and oxygen atoms in total. The van der Waals surface area contributed by atoms with Crippen molar-refractivity contribution in [1.29, 1.82) is 0 Å². The summed E-state index contributed by atoms with van der Waals surface area (Å²) in [7, 11) is 0. The van der Waals surface area contributed by atoms with Crippen LogP contribution >= 0.6 is 15.9 Å². The molecule has 0 spiro atoms. The van der Waals surface area contributed by atoms with E-state index >= 15 is 0 Å². The number of quaternary nitrogens is 1. The maximum Gasteiger partial charge on any atom is 0.405 e. The molecule has 0 fully saturated rings. The lowest BCUT2D eigenvalue weighted by Crippen LogP contribution is -3.14. The van der Waals surface area contributed by atoms with E-state index in [4.69, 9.17) is 0 Å². The van der Waals surface area contributed by atoms with E-state index in [1.807, 2.05) is 0 Å². The molecule has 0 aromatic heterocycles. The summed E-state index contributed by atoms with van der Waals surface area (Å²) in [5.41, 5.74) is 0.607. The van der Waals surface area contributed by atoms with Gasteiger partial charge in [0.25, 0.3) is 11.8 Å². The van der Waals surface area contributed by atoms with Gasteiger partial charge in [-0.25, -0.2) is 0 Å². The Morgan fingerprint density at radius 2 is 1.70 bits per heavy atom. The van der Waals surface area contributed by atoms with Crippen LogP contribution in [0.3, 0.4) is 0 Å². The minimum Gasteiger partial charge on any atom is -0.342 e. The van der Waals surface area contributed by atoms with Crippen LogP contribution < -0.4 is 15.5 Å². The second-order valence-electron chi connectivity index (χ2n) is 4.90. The molecule has 0 bridgehead atoms. The van der Waals surface area contributed by atoms with Gasteiger partial charge in [0.05, 0.1) is 6.54 Å². The Morgan fingerprint density at radius 3 is 2.22 bits per heavy atom. The number of hydrogen-bond acceptors (Lipinski definition) is 2. The second kappa shape index (κ2) is 8.88. The molecule has 23 heavy (non-hydrogen) atoms. The summed E-state index contributed by atoms with van der Waals surface area (Å²) in [6.45, 7) is 0.618. The fraction of sp³-hybridized carbons (Fsp3) is 0.429. The van der Waals surface area contributed by atoms with Crippen molar-refractivity contribution in [2.45, 2.75) is 13.1 Å². The molecule has 0 heterocycles. The van der Waals surface area contributed by atoms with E-state index in [0.29, 0.717) is 17.1 Å². The molecule has 128 valence electrons. The summed E-state index contributed by atoms with van der Waals surface area (Å²) in [6, 6.07) is 6.96. The Balaban J connectivity index is 2.44. The van der Waals surface area contributed by atoms with Gasteiger partial charge in [-0.15, -0.1) is 0 Å². The summed E-state index contributed by atoms with van der Waals surface area (Å²) in [4.78, 5) is 23.9. The summed E-state index contributed by atoms with van der Waals surface area (Å²) in [6.07, 6.45) is -4.44. The van der Waals surface area contributed by atoms with Gasteiger partial charge >= 0.3 is 6.18 Å². The summed E-state index contributed by atoms with van der Waals surface area (Å²) in [5, 5.41) is 4.47. The van der Waals surface area contributed by atoms with E-state index in [-0.39, 0.29) is 19.0 Å². The molecule has 0 saturated carbocycles. The van der Waals surface area contributed by atoms with Gasteiger partial charge in [-0.1, -0.05) is 15.9 Å². The van der Waals surface area contributed by atoms with Gasteiger partial charge in [-0.05, 0) is 31.2 Å². The first-order valence-electron chi connectivity index (χ1n) is 6.92. The number of amides is 2. The van der Waals surface area contributed by atoms with E-state index in [1.54, 1.807) is 36.5 Å². The summed E-state index contributed by atoms with van der Waals surface area (Å²) >= 11 is 3.28. The molecular formula is C14H18BrF3N3O2+. The molecule has 0 radical (unpaired) electrons. The second-order valence-corrected chi connectivity index (χ2v) is 5.82. The SMILES string of the molecule is CC[NH+](CC(=O)NCC(F)(F)F)CC(=O)Nc1ccc(Br)cc1. The summed E-state index contributed by atoms with van der Waals surface area (Å²) < 4.78 is 37.0. The summed E-state index contributed by atoms with van der Waals surface area (Å²) in [5.74, 6) is -1.05. The molecule has 1 rings (SSSR count). The van der Waals surface area contributed by atoms with E-state index in [0.717, 1.165) is 4.47 Å². The van der Waals surface area contributed by atoms with Crippen LogP contribution in [0.1, 0.15) is 6.92 Å². The highest BCUT2D eigenvalue weighted by Crippen LogP contribution is 2.13. The Bertz CT molecular complexity index is 535. The predicted octanol–water partition coefficient (Wildman–Crippen LogP) is 0.971. The molecule has 1 unspecified atom stereocenters. The van der Waals surface area contributed by atoms with Crippen molar-refractivity contribution in [3.8, 4) is 0 Å². The minimum atomic E-state index is -4.44. The van der Waals surface area contributed by atoms with Gasteiger partial charge in [-0.3, -0.25) is 9.59 Å². The minimum absolute atomic E-state index is 0.00793. The van der Waals surface area contributed by atoms with Crippen LogP contribution in [-0.4, -0.2) is 44.2 Å². The van der Waals surface area contributed by atoms with Gasteiger partial charge < -0.3 is 15.5 Å². The van der Waals surface area contributed by atoms with Crippen molar-refractivity contribution >= 4 is 33.4 Å². The number of benzene rings is 1. The fourth-order valence-corrected chi connectivity index (χ4v) is 2.03. The normalized spacial score (nSPS) is 12.6. The third-order valence-corrected chi connectivity index (χ3v) is 3.46. The van der Waals surface area contributed by atoms with Gasteiger partial charge in [0, 0.05) is 10.2 Å². The third kappa shape index (κ3) is 8.56. The molecular weight excluding hydrogens is 379 g/mol. The van der Waals surface area contributed by atoms with Crippen molar-refractivity contribution in [1.82, 2.24) is 5.32 Å². The zero-order valence-electron chi connectivity index (χ0n) is 12.5. The van der Waals surface area contributed by atoms with Crippen molar-refractivity contribution in [2.75, 3.05) is 31.5 Å². The Morgan fingerprint density at radius 1 is 1.13 bits per heavy atom. The number of carbonyl (C=O) groups excluding carboxylic acids is 2. The van der Waals surface area contributed by atoms with Crippen molar-refractivity contribution in [3.05, 3.63) is 28.7 Å².